The Hall–Kier alpha value is -1.84. The Morgan fingerprint density at radius 3 is 2.39 bits per heavy atom. The third kappa shape index (κ3) is 3.41. The van der Waals surface area contributed by atoms with Crippen molar-refractivity contribution in [2.45, 2.75) is 38.5 Å². The number of carbonyl (C=O) groups is 2. The number of benzene rings is 1. The molecule has 0 spiro atoms. The van der Waals surface area contributed by atoms with Crippen LogP contribution in [0.4, 0.5) is 0 Å². The Kier molecular flexibility index (Phi) is 4.69. The van der Waals surface area contributed by atoms with E-state index in [0.29, 0.717) is 24.7 Å². The van der Waals surface area contributed by atoms with Crippen LogP contribution in [0.2, 0.25) is 0 Å². The van der Waals surface area contributed by atoms with E-state index in [0.717, 1.165) is 25.9 Å². The van der Waals surface area contributed by atoms with Crippen molar-refractivity contribution in [3.63, 3.8) is 0 Å². The first-order chi connectivity index (χ1) is 11.1. The maximum Gasteiger partial charge on any atom is 0.306 e. The Labute approximate surface area is 137 Å². The molecule has 2 unspecified atom stereocenters. The molecule has 1 aromatic rings. The van der Waals surface area contributed by atoms with Gasteiger partial charge in [0, 0.05) is 19.0 Å². The molecule has 0 bridgehead atoms. The van der Waals surface area contributed by atoms with Crippen LogP contribution in [0.1, 0.15) is 44.1 Å². The highest BCUT2D eigenvalue weighted by Gasteiger charge is 2.38. The van der Waals surface area contributed by atoms with Gasteiger partial charge in [-0.25, -0.2) is 0 Å². The smallest absolute Gasteiger partial charge is 0.306 e. The van der Waals surface area contributed by atoms with E-state index in [1.165, 1.54) is 5.56 Å². The van der Waals surface area contributed by atoms with Crippen molar-refractivity contribution < 1.29 is 14.7 Å². The molecule has 1 aliphatic carbocycles. The number of nitrogens with zero attached hydrogens (tertiary/aromatic N) is 1. The standard InChI is InChI=1S/C19H25NO3/c1-13-12-20(10-9-17(13)14-5-3-2-4-6-14)18(21)15-7-8-16(11-15)19(22)23/h2-6,13,15-17H,7-12H2,1H3,(H,22,23)/t13?,15-,16+,17?/m1/s1. The molecule has 1 saturated carbocycles. The maximum absolute atomic E-state index is 12.7. The number of hydrogen-bond donors (Lipinski definition) is 1. The summed E-state index contributed by atoms with van der Waals surface area (Å²) in [7, 11) is 0. The SMILES string of the molecule is CC1CN(C(=O)[C@@H]2CC[C@H](C(=O)O)C2)CCC1c1ccccc1. The first kappa shape index (κ1) is 16.0. The minimum atomic E-state index is -0.753. The Morgan fingerprint density at radius 1 is 1.09 bits per heavy atom. The number of carboxylic acid groups (broad SMARTS) is 1. The molecule has 1 heterocycles. The fourth-order valence-electron chi connectivity index (χ4n) is 4.23. The monoisotopic (exact) mass is 315 g/mol. The quantitative estimate of drug-likeness (QED) is 0.932. The highest BCUT2D eigenvalue weighted by atomic mass is 16.4. The number of piperidine rings is 1. The average Bonchev–Trinajstić information content (AvgIpc) is 3.05. The van der Waals surface area contributed by atoms with E-state index >= 15 is 0 Å². The van der Waals surface area contributed by atoms with Crippen LogP contribution in [-0.4, -0.2) is 35.0 Å². The van der Waals surface area contributed by atoms with Crippen LogP contribution in [0, 0.1) is 17.8 Å². The lowest BCUT2D eigenvalue weighted by molar-refractivity contribution is -0.142. The molecule has 0 radical (unpaired) electrons. The summed E-state index contributed by atoms with van der Waals surface area (Å²) in [5, 5.41) is 9.10. The molecule has 2 fully saturated rings. The number of aliphatic carboxylic acids is 1. The normalized spacial score (nSPS) is 31.1. The third-order valence-electron chi connectivity index (χ3n) is 5.58. The summed E-state index contributed by atoms with van der Waals surface area (Å²) >= 11 is 0. The summed E-state index contributed by atoms with van der Waals surface area (Å²) in [4.78, 5) is 25.7. The van der Waals surface area contributed by atoms with Crippen molar-refractivity contribution in [1.29, 1.82) is 0 Å². The predicted molar refractivity (Wildman–Crippen MR) is 88.0 cm³/mol. The topological polar surface area (TPSA) is 57.6 Å². The maximum atomic E-state index is 12.7. The second kappa shape index (κ2) is 6.73. The average molecular weight is 315 g/mol. The first-order valence-corrected chi connectivity index (χ1v) is 8.62. The van der Waals surface area contributed by atoms with E-state index in [1.54, 1.807) is 0 Å². The summed E-state index contributed by atoms with van der Waals surface area (Å²) < 4.78 is 0. The number of rotatable bonds is 3. The number of likely N-dealkylation sites (tertiary alicyclic amines) is 1. The molecule has 1 aromatic carbocycles. The molecule has 1 aliphatic heterocycles. The number of hydrogen-bond acceptors (Lipinski definition) is 2. The predicted octanol–water partition coefficient (Wildman–Crippen LogP) is 3.14. The fourth-order valence-corrected chi connectivity index (χ4v) is 4.23. The number of carbonyl (C=O) groups excluding carboxylic acids is 1. The van der Waals surface area contributed by atoms with E-state index in [2.05, 4.69) is 31.2 Å². The Morgan fingerprint density at radius 2 is 1.78 bits per heavy atom. The lowest BCUT2D eigenvalue weighted by atomic mass is 9.81. The van der Waals surface area contributed by atoms with Gasteiger partial charge in [-0.2, -0.15) is 0 Å². The van der Waals surface area contributed by atoms with Gasteiger partial charge in [0.25, 0.3) is 0 Å². The zero-order chi connectivity index (χ0) is 16.4. The van der Waals surface area contributed by atoms with Gasteiger partial charge < -0.3 is 10.0 Å². The lowest BCUT2D eigenvalue weighted by Crippen LogP contribution is -2.44. The van der Waals surface area contributed by atoms with E-state index < -0.39 is 5.97 Å². The molecule has 23 heavy (non-hydrogen) atoms. The van der Waals surface area contributed by atoms with Crippen LogP contribution >= 0.6 is 0 Å². The van der Waals surface area contributed by atoms with Crippen molar-refractivity contribution in [2.75, 3.05) is 13.1 Å². The minimum absolute atomic E-state index is 0.0865. The fraction of sp³-hybridized carbons (Fsp3) is 0.579. The van der Waals surface area contributed by atoms with E-state index in [1.807, 2.05) is 11.0 Å². The van der Waals surface area contributed by atoms with Gasteiger partial charge in [0.15, 0.2) is 0 Å². The summed E-state index contributed by atoms with van der Waals surface area (Å²) in [6.07, 6.45) is 2.87. The zero-order valence-corrected chi connectivity index (χ0v) is 13.6. The number of amides is 1. The summed E-state index contributed by atoms with van der Waals surface area (Å²) in [5.74, 6) is -0.0502. The molecular weight excluding hydrogens is 290 g/mol. The number of carboxylic acids is 1. The van der Waals surface area contributed by atoms with Gasteiger partial charge in [-0.1, -0.05) is 37.3 Å². The van der Waals surface area contributed by atoms with Crippen LogP contribution in [-0.2, 0) is 9.59 Å². The minimum Gasteiger partial charge on any atom is -0.481 e. The van der Waals surface area contributed by atoms with Crippen molar-refractivity contribution in [3.8, 4) is 0 Å². The second-order valence-corrected chi connectivity index (χ2v) is 7.11. The van der Waals surface area contributed by atoms with Crippen LogP contribution in [0.3, 0.4) is 0 Å². The summed E-state index contributed by atoms with van der Waals surface area (Å²) in [5.41, 5.74) is 1.36. The van der Waals surface area contributed by atoms with Crippen LogP contribution in [0.15, 0.2) is 30.3 Å². The highest BCUT2D eigenvalue weighted by molar-refractivity contribution is 5.81. The lowest BCUT2D eigenvalue weighted by Gasteiger charge is -2.38. The molecule has 0 aromatic heterocycles. The Bertz CT molecular complexity index is 571. The van der Waals surface area contributed by atoms with Crippen molar-refractivity contribution in [3.05, 3.63) is 35.9 Å². The van der Waals surface area contributed by atoms with Crippen LogP contribution in [0.25, 0.3) is 0 Å². The Balaban J connectivity index is 1.59. The molecule has 3 rings (SSSR count). The molecule has 1 amide bonds. The molecule has 4 heteroatoms. The van der Waals surface area contributed by atoms with E-state index in [4.69, 9.17) is 5.11 Å². The van der Waals surface area contributed by atoms with Crippen LogP contribution < -0.4 is 0 Å². The summed E-state index contributed by atoms with van der Waals surface area (Å²) in [6, 6.07) is 10.5. The molecular formula is C19H25NO3. The van der Waals surface area contributed by atoms with Crippen molar-refractivity contribution in [1.82, 2.24) is 4.90 Å². The van der Waals surface area contributed by atoms with Gasteiger partial charge in [0.05, 0.1) is 5.92 Å². The van der Waals surface area contributed by atoms with Gasteiger partial charge in [-0.15, -0.1) is 0 Å². The highest BCUT2D eigenvalue weighted by Crippen LogP contribution is 2.36. The second-order valence-electron chi connectivity index (χ2n) is 7.11. The van der Waals surface area contributed by atoms with Gasteiger partial charge in [0.2, 0.25) is 5.91 Å². The molecule has 124 valence electrons. The largest absolute Gasteiger partial charge is 0.481 e. The molecule has 1 saturated heterocycles. The van der Waals surface area contributed by atoms with Gasteiger partial charge in [-0.05, 0) is 43.1 Å². The van der Waals surface area contributed by atoms with E-state index in [9.17, 15) is 9.59 Å². The molecule has 1 N–H and O–H groups in total. The molecule has 4 atom stereocenters. The van der Waals surface area contributed by atoms with Gasteiger partial charge >= 0.3 is 5.97 Å². The molecule has 2 aliphatic rings. The third-order valence-corrected chi connectivity index (χ3v) is 5.58. The van der Waals surface area contributed by atoms with E-state index in [-0.39, 0.29) is 17.7 Å². The first-order valence-electron chi connectivity index (χ1n) is 8.62. The van der Waals surface area contributed by atoms with Crippen LogP contribution in [0.5, 0.6) is 0 Å². The van der Waals surface area contributed by atoms with Crippen molar-refractivity contribution in [2.24, 2.45) is 17.8 Å². The summed E-state index contributed by atoms with van der Waals surface area (Å²) in [6.45, 7) is 3.79. The van der Waals surface area contributed by atoms with Gasteiger partial charge in [0.1, 0.15) is 0 Å². The van der Waals surface area contributed by atoms with Gasteiger partial charge in [-0.3, -0.25) is 9.59 Å². The molecule has 4 nitrogen and oxygen atoms in total. The zero-order valence-electron chi connectivity index (χ0n) is 13.6. The van der Waals surface area contributed by atoms with Crippen molar-refractivity contribution >= 4 is 11.9 Å².